The Bertz CT molecular complexity index is 796. The fourth-order valence-electron chi connectivity index (χ4n) is 2.39. The Morgan fingerprint density at radius 2 is 1.65 bits per heavy atom. The molecule has 2 rings (SSSR count). The van der Waals surface area contributed by atoms with Crippen LogP contribution >= 0.6 is 0 Å². The topological polar surface area (TPSA) is 91.1 Å². The maximum atomic E-state index is 13.5. The highest BCUT2D eigenvalue weighted by Gasteiger charge is 2.20. The van der Waals surface area contributed by atoms with Crippen molar-refractivity contribution >= 4 is 17.6 Å². The summed E-state index contributed by atoms with van der Waals surface area (Å²) in [5, 5.41) is 0. The van der Waals surface area contributed by atoms with Gasteiger partial charge in [-0.1, -0.05) is 12.1 Å². The summed E-state index contributed by atoms with van der Waals surface area (Å²) >= 11 is 0. The molecule has 0 bridgehead atoms. The third-order valence-electron chi connectivity index (χ3n) is 3.42. The molecule has 0 spiro atoms. The van der Waals surface area contributed by atoms with Gasteiger partial charge in [0.1, 0.15) is 11.5 Å². The van der Waals surface area contributed by atoms with Crippen LogP contribution in [-0.2, 0) is 0 Å². The van der Waals surface area contributed by atoms with E-state index in [4.69, 9.17) is 0 Å². The van der Waals surface area contributed by atoms with E-state index < -0.39 is 17.6 Å². The number of ketones is 1. The molecular weight excluding hydrogens is 301 g/mol. The first kappa shape index (κ1) is 16.4. The molecule has 0 fully saturated rings. The van der Waals surface area contributed by atoms with Crippen LogP contribution in [0.25, 0.3) is 0 Å². The second kappa shape index (κ2) is 6.43. The van der Waals surface area contributed by atoms with Crippen molar-refractivity contribution in [1.82, 2.24) is 15.8 Å². The monoisotopic (exact) mass is 317 g/mol. The van der Waals surface area contributed by atoms with Crippen molar-refractivity contribution in [3.8, 4) is 0 Å². The quantitative estimate of drug-likeness (QED) is 0.597. The van der Waals surface area contributed by atoms with Crippen molar-refractivity contribution in [2.24, 2.45) is 0 Å². The highest BCUT2D eigenvalue weighted by Crippen LogP contribution is 2.18. The number of Topliss-reactive ketones (excluding diaryl/α,β-unsaturated/α-hetero) is 1. The summed E-state index contributed by atoms with van der Waals surface area (Å²) in [6.45, 7) is 4.72. The highest BCUT2D eigenvalue weighted by molar-refractivity contribution is 6.03. The molecule has 0 aliphatic carbocycles. The van der Waals surface area contributed by atoms with Crippen molar-refractivity contribution < 1.29 is 18.8 Å². The molecule has 0 saturated carbocycles. The number of carbonyl (C=O) groups is 3. The highest BCUT2D eigenvalue weighted by atomic mass is 19.1. The third kappa shape index (κ3) is 3.28. The lowest BCUT2D eigenvalue weighted by atomic mass is 10.1. The molecule has 2 amide bonds. The Morgan fingerprint density at radius 3 is 2.22 bits per heavy atom. The minimum Gasteiger partial charge on any atom is -0.354 e. The minimum absolute atomic E-state index is 0.161. The fourth-order valence-corrected chi connectivity index (χ4v) is 2.39. The minimum atomic E-state index is -0.774. The van der Waals surface area contributed by atoms with Crippen molar-refractivity contribution in [2.45, 2.75) is 20.8 Å². The molecule has 0 saturated heterocycles. The van der Waals surface area contributed by atoms with E-state index >= 15 is 0 Å². The summed E-state index contributed by atoms with van der Waals surface area (Å²) in [6, 6.07) is 5.42. The first-order chi connectivity index (χ1) is 10.8. The number of hydrogen-bond donors (Lipinski definition) is 3. The summed E-state index contributed by atoms with van der Waals surface area (Å²) < 4.78 is 13.5. The number of hydrazine groups is 1. The lowest BCUT2D eigenvalue weighted by molar-refractivity contribution is 0.0841. The van der Waals surface area contributed by atoms with Crippen LogP contribution in [0.15, 0.2) is 24.3 Å². The Kier molecular flexibility index (Phi) is 4.59. The van der Waals surface area contributed by atoms with E-state index in [-0.39, 0.29) is 17.0 Å². The molecule has 0 atom stereocenters. The van der Waals surface area contributed by atoms with Gasteiger partial charge < -0.3 is 4.98 Å². The average molecular weight is 317 g/mol. The molecular formula is C16H16FN3O3. The maximum Gasteiger partial charge on any atom is 0.286 e. The number of hydrogen-bond acceptors (Lipinski definition) is 3. The number of amides is 2. The number of rotatable bonds is 3. The number of aromatic nitrogens is 1. The molecule has 0 aliphatic heterocycles. The van der Waals surface area contributed by atoms with Crippen molar-refractivity contribution in [1.29, 1.82) is 0 Å². The van der Waals surface area contributed by atoms with Gasteiger partial charge in [-0.15, -0.1) is 0 Å². The Hall–Kier alpha value is -2.96. The first-order valence-electron chi connectivity index (χ1n) is 6.88. The zero-order valence-corrected chi connectivity index (χ0v) is 12.9. The Balaban J connectivity index is 2.12. The van der Waals surface area contributed by atoms with Crippen molar-refractivity contribution in [3.05, 3.63) is 58.2 Å². The van der Waals surface area contributed by atoms with Gasteiger partial charge in [-0.3, -0.25) is 25.2 Å². The summed E-state index contributed by atoms with van der Waals surface area (Å²) in [4.78, 5) is 38.3. The molecule has 2 aromatic rings. The summed E-state index contributed by atoms with van der Waals surface area (Å²) in [7, 11) is 0. The number of aromatic amines is 1. The lowest BCUT2D eigenvalue weighted by Gasteiger charge is -2.07. The predicted octanol–water partition coefficient (Wildman–Crippen LogP) is 2.05. The van der Waals surface area contributed by atoms with Gasteiger partial charge in [-0.2, -0.15) is 0 Å². The largest absolute Gasteiger partial charge is 0.354 e. The molecule has 120 valence electrons. The second-order valence-electron chi connectivity index (χ2n) is 5.07. The predicted molar refractivity (Wildman–Crippen MR) is 81.6 cm³/mol. The fraction of sp³-hybridized carbons (Fsp3) is 0.188. The number of carbonyl (C=O) groups excluding carboxylic acids is 3. The van der Waals surface area contributed by atoms with E-state index in [2.05, 4.69) is 15.8 Å². The van der Waals surface area contributed by atoms with E-state index in [1.165, 1.54) is 25.1 Å². The van der Waals surface area contributed by atoms with Crippen LogP contribution in [0.5, 0.6) is 0 Å². The van der Waals surface area contributed by atoms with Gasteiger partial charge in [-0.25, -0.2) is 4.39 Å². The summed E-state index contributed by atoms with van der Waals surface area (Å²) in [5.74, 6) is -2.25. The Labute approximate surface area is 132 Å². The van der Waals surface area contributed by atoms with E-state index in [1.54, 1.807) is 13.8 Å². The second-order valence-corrected chi connectivity index (χ2v) is 5.07. The smallest absolute Gasteiger partial charge is 0.286 e. The average Bonchev–Trinajstić information content (AvgIpc) is 2.80. The van der Waals surface area contributed by atoms with Crippen LogP contribution in [0, 0.1) is 19.7 Å². The van der Waals surface area contributed by atoms with Gasteiger partial charge in [0.15, 0.2) is 5.78 Å². The maximum absolute atomic E-state index is 13.5. The molecule has 0 radical (unpaired) electrons. The zero-order chi connectivity index (χ0) is 17.1. The van der Waals surface area contributed by atoms with Gasteiger partial charge in [-0.05, 0) is 38.5 Å². The molecule has 0 aliphatic rings. The molecule has 1 heterocycles. The molecule has 0 unspecified atom stereocenters. The van der Waals surface area contributed by atoms with Crippen LogP contribution in [0.3, 0.4) is 0 Å². The van der Waals surface area contributed by atoms with E-state index in [1.807, 2.05) is 0 Å². The van der Waals surface area contributed by atoms with Crippen LogP contribution in [0.4, 0.5) is 4.39 Å². The van der Waals surface area contributed by atoms with E-state index in [0.717, 1.165) is 6.07 Å². The number of halogens is 1. The van der Waals surface area contributed by atoms with Gasteiger partial charge in [0, 0.05) is 11.3 Å². The normalized spacial score (nSPS) is 10.3. The molecule has 6 nitrogen and oxygen atoms in total. The van der Waals surface area contributed by atoms with Gasteiger partial charge in [0.05, 0.1) is 5.56 Å². The van der Waals surface area contributed by atoms with Crippen LogP contribution in [0.2, 0.25) is 0 Å². The third-order valence-corrected chi connectivity index (χ3v) is 3.42. The van der Waals surface area contributed by atoms with Gasteiger partial charge in [0.25, 0.3) is 11.8 Å². The van der Waals surface area contributed by atoms with Crippen LogP contribution < -0.4 is 10.9 Å². The van der Waals surface area contributed by atoms with E-state index in [9.17, 15) is 18.8 Å². The van der Waals surface area contributed by atoms with Crippen LogP contribution in [0.1, 0.15) is 49.4 Å². The SMILES string of the molecule is CC(=O)c1c(C)[nH]c(C(=O)NNC(=O)c2ccccc2F)c1C. The van der Waals surface area contributed by atoms with Crippen LogP contribution in [-0.4, -0.2) is 22.6 Å². The standard InChI is InChI=1S/C16H16FN3O3/c1-8-13(10(3)21)9(2)18-14(8)16(23)20-19-15(22)11-6-4-5-7-12(11)17/h4-7,18H,1-3H3,(H,19,22)(H,20,23). The van der Waals surface area contributed by atoms with E-state index in [0.29, 0.717) is 16.8 Å². The Morgan fingerprint density at radius 1 is 1.04 bits per heavy atom. The van der Waals surface area contributed by atoms with Gasteiger partial charge in [0.2, 0.25) is 0 Å². The van der Waals surface area contributed by atoms with Crippen molar-refractivity contribution in [2.75, 3.05) is 0 Å². The number of aryl methyl sites for hydroxylation is 1. The zero-order valence-electron chi connectivity index (χ0n) is 12.9. The lowest BCUT2D eigenvalue weighted by Crippen LogP contribution is -2.42. The summed E-state index contributed by atoms with van der Waals surface area (Å²) in [6.07, 6.45) is 0. The number of nitrogens with one attached hydrogen (secondary N) is 3. The number of H-pyrrole nitrogens is 1. The molecule has 1 aromatic heterocycles. The summed E-state index contributed by atoms with van der Waals surface area (Å²) in [5.41, 5.74) is 5.82. The van der Waals surface area contributed by atoms with Crippen molar-refractivity contribution in [3.63, 3.8) is 0 Å². The number of benzene rings is 1. The molecule has 1 aromatic carbocycles. The first-order valence-corrected chi connectivity index (χ1v) is 6.88. The van der Waals surface area contributed by atoms with Gasteiger partial charge >= 0.3 is 0 Å². The molecule has 7 heteroatoms. The molecule has 3 N–H and O–H groups in total. The molecule has 23 heavy (non-hydrogen) atoms.